The molecule has 0 radical (unpaired) electrons. The molecule has 8 nitrogen and oxygen atoms in total. The molecule has 0 aliphatic rings. The highest BCUT2D eigenvalue weighted by Gasteiger charge is 2.15. The summed E-state index contributed by atoms with van der Waals surface area (Å²) in [6.45, 7) is 0. The van der Waals surface area contributed by atoms with Gasteiger partial charge in [0.1, 0.15) is 17.5 Å². The maximum Gasteiger partial charge on any atom is 0.184 e. The van der Waals surface area contributed by atoms with Crippen molar-refractivity contribution < 1.29 is 0 Å². The Labute approximate surface area is 153 Å². The van der Waals surface area contributed by atoms with Crippen LogP contribution in [-0.2, 0) is 0 Å². The van der Waals surface area contributed by atoms with Gasteiger partial charge < -0.3 is 11.1 Å². The highest BCUT2D eigenvalue weighted by atomic mass is 15.4. The minimum atomic E-state index is 0.383. The molecule has 0 saturated carbocycles. The molecule has 0 fully saturated rings. The smallest absolute Gasteiger partial charge is 0.184 e. The topological polar surface area (TPSA) is 107 Å². The van der Waals surface area contributed by atoms with Gasteiger partial charge in [0.15, 0.2) is 11.6 Å². The van der Waals surface area contributed by atoms with E-state index in [9.17, 15) is 0 Å². The number of hydrogen-bond donors (Lipinski definition) is 2. The highest BCUT2D eigenvalue weighted by molar-refractivity contribution is 5.94. The molecule has 130 valence electrons. The number of aromatic nitrogens is 6. The Kier molecular flexibility index (Phi) is 3.39. The average molecular weight is 354 g/mol. The van der Waals surface area contributed by atoms with Crippen molar-refractivity contribution in [3.8, 4) is 5.82 Å². The summed E-state index contributed by atoms with van der Waals surface area (Å²) < 4.78 is 1.61. The van der Waals surface area contributed by atoms with E-state index in [-0.39, 0.29) is 0 Å². The zero-order valence-corrected chi connectivity index (χ0v) is 14.1. The van der Waals surface area contributed by atoms with Crippen LogP contribution in [0, 0.1) is 0 Å². The van der Waals surface area contributed by atoms with E-state index < -0.39 is 0 Å². The molecule has 3 aromatic heterocycles. The second-order valence-electron chi connectivity index (χ2n) is 5.95. The minimum absolute atomic E-state index is 0.383. The molecule has 3 heterocycles. The SMILES string of the molecule is Nc1c(Nc2cccc3ncccc23)ncnc1-n1nnc2ccccc21. The van der Waals surface area contributed by atoms with Crippen molar-refractivity contribution in [2.75, 3.05) is 11.1 Å². The number of nitrogens with zero attached hydrogens (tertiary/aromatic N) is 6. The fourth-order valence-corrected chi connectivity index (χ4v) is 3.02. The molecule has 27 heavy (non-hydrogen) atoms. The summed E-state index contributed by atoms with van der Waals surface area (Å²) >= 11 is 0. The molecule has 0 atom stereocenters. The van der Waals surface area contributed by atoms with Gasteiger partial charge in [-0.05, 0) is 36.4 Å². The number of anilines is 3. The lowest BCUT2D eigenvalue weighted by atomic mass is 10.2. The number of nitrogen functional groups attached to an aromatic ring is 1. The number of nitrogens with two attached hydrogens (primary N) is 1. The first-order valence-electron chi connectivity index (χ1n) is 8.33. The van der Waals surface area contributed by atoms with Gasteiger partial charge in [0.2, 0.25) is 0 Å². The molecule has 3 N–H and O–H groups in total. The molecular weight excluding hydrogens is 340 g/mol. The first-order valence-corrected chi connectivity index (χ1v) is 8.33. The van der Waals surface area contributed by atoms with E-state index in [0.29, 0.717) is 17.3 Å². The third-order valence-corrected chi connectivity index (χ3v) is 4.31. The van der Waals surface area contributed by atoms with Crippen LogP contribution in [0.4, 0.5) is 17.2 Å². The molecule has 0 aliphatic heterocycles. The largest absolute Gasteiger partial charge is 0.393 e. The molecular formula is C19H14N8. The average Bonchev–Trinajstić information content (AvgIpc) is 3.14. The van der Waals surface area contributed by atoms with E-state index in [1.165, 1.54) is 6.33 Å². The summed E-state index contributed by atoms with van der Waals surface area (Å²) in [5.74, 6) is 0.968. The number of pyridine rings is 1. The highest BCUT2D eigenvalue weighted by Crippen LogP contribution is 2.29. The lowest BCUT2D eigenvalue weighted by Gasteiger charge is -2.12. The van der Waals surface area contributed by atoms with Gasteiger partial charge in [0.25, 0.3) is 0 Å². The van der Waals surface area contributed by atoms with Gasteiger partial charge in [-0.3, -0.25) is 4.98 Å². The molecule has 8 heteroatoms. The second-order valence-corrected chi connectivity index (χ2v) is 5.95. The summed E-state index contributed by atoms with van der Waals surface area (Å²) in [5.41, 5.74) is 10.1. The summed E-state index contributed by atoms with van der Waals surface area (Å²) in [5, 5.41) is 12.6. The zero-order chi connectivity index (χ0) is 18.2. The van der Waals surface area contributed by atoms with Gasteiger partial charge >= 0.3 is 0 Å². The number of hydrogen-bond acceptors (Lipinski definition) is 7. The molecule has 0 aliphatic carbocycles. The molecule has 2 aromatic carbocycles. The van der Waals surface area contributed by atoms with E-state index >= 15 is 0 Å². The first-order chi connectivity index (χ1) is 13.3. The van der Waals surface area contributed by atoms with Gasteiger partial charge in [-0.1, -0.05) is 23.4 Å². The molecule has 0 spiro atoms. The fourth-order valence-electron chi connectivity index (χ4n) is 3.02. The van der Waals surface area contributed by atoms with Crippen molar-refractivity contribution in [3.63, 3.8) is 0 Å². The maximum atomic E-state index is 6.37. The quantitative estimate of drug-likeness (QED) is 0.512. The van der Waals surface area contributed by atoms with Crippen molar-refractivity contribution in [2.45, 2.75) is 0 Å². The van der Waals surface area contributed by atoms with Gasteiger partial charge in [0.05, 0.1) is 11.0 Å². The van der Waals surface area contributed by atoms with E-state index in [4.69, 9.17) is 5.73 Å². The van der Waals surface area contributed by atoms with E-state index in [1.807, 2.05) is 54.6 Å². The van der Waals surface area contributed by atoms with Crippen LogP contribution in [0.3, 0.4) is 0 Å². The van der Waals surface area contributed by atoms with Crippen LogP contribution in [0.2, 0.25) is 0 Å². The Balaban J connectivity index is 1.61. The first kappa shape index (κ1) is 15.2. The Morgan fingerprint density at radius 1 is 0.852 bits per heavy atom. The Hall–Kier alpha value is -4.07. The molecule has 0 saturated heterocycles. The summed E-state index contributed by atoms with van der Waals surface area (Å²) in [6.07, 6.45) is 3.22. The molecule has 5 rings (SSSR count). The number of nitrogens with one attached hydrogen (secondary N) is 1. The van der Waals surface area contributed by atoms with Crippen LogP contribution < -0.4 is 11.1 Å². The van der Waals surface area contributed by atoms with Crippen molar-refractivity contribution in [2.24, 2.45) is 0 Å². The monoisotopic (exact) mass is 354 g/mol. The third kappa shape index (κ3) is 2.51. The van der Waals surface area contributed by atoms with Crippen molar-refractivity contribution in [3.05, 3.63) is 67.1 Å². The Bertz CT molecular complexity index is 1270. The summed E-state index contributed by atoms with van der Waals surface area (Å²) in [4.78, 5) is 13.0. The van der Waals surface area contributed by atoms with Gasteiger partial charge in [-0.25, -0.2) is 9.97 Å². The minimum Gasteiger partial charge on any atom is -0.393 e. The lowest BCUT2D eigenvalue weighted by molar-refractivity contribution is 0.800. The maximum absolute atomic E-state index is 6.37. The predicted octanol–water partition coefficient (Wildman–Crippen LogP) is 3.08. The van der Waals surface area contributed by atoms with E-state index in [2.05, 4.69) is 30.6 Å². The Morgan fingerprint density at radius 3 is 2.70 bits per heavy atom. The lowest BCUT2D eigenvalue weighted by Crippen LogP contribution is -2.08. The Morgan fingerprint density at radius 2 is 1.74 bits per heavy atom. The van der Waals surface area contributed by atoms with Crippen molar-refractivity contribution in [1.29, 1.82) is 0 Å². The number of para-hydroxylation sites is 1. The van der Waals surface area contributed by atoms with Gasteiger partial charge in [0, 0.05) is 17.3 Å². The second kappa shape index (κ2) is 6.03. The van der Waals surface area contributed by atoms with Gasteiger partial charge in [-0.15, -0.1) is 5.10 Å². The molecule has 0 unspecified atom stereocenters. The summed E-state index contributed by atoms with van der Waals surface area (Å²) in [6, 6.07) is 17.4. The van der Waals surface area contributed by atoms with Crippen LogP contribution in [0.1, 0.15) is 0 Å². The normalized spacial score (nSPS) is 11.1. The van der Waals surface area contributed by atoms with E-state index in [1.54, 1.807) is 10.9 Å². The zero-order valence-electron chi connectivity index (χ0n) is 14.1. The van der Waals surface area contributed by atoms with Crippen molar-refractivity contribution >= 4 is 39.1 Å². The van der Waals surface area contributed by atoms with Gasteiger partial charge in [-0.2, -0.15) is 4.68 Å². The number of benzene rings is 2. The van der Waals surface area contributed by atoms with Crippen LogP contribution in [0.15, 0.2) is 67.1 Å². The number of fused-ring (bicyclic) bond motifs is 2. The van der Waals surface area contributed by atoms with Crippen LogP contribution >= 0.6 is 0 Å². The van der Waals surface area contributed by atoms with Crippen LogP contribution in [0.5, 0.6) is 0 Å². The molecule has 5 aromatic rings. The number of rotatable bonds is 3. The van der Waals surface area contributed by atoms with Crippen molar-refractivity contribution in [1.82, 2.24) is 29.9 Å². The summed E-state index contributed by atoms with van der Waals surface area (Å²) in [7, 11) is 0. The molecule has 0 bridgehead atoms. The fraction of sp³-hybridized carbons (Fsp3) is 0. The predicted molar refractivity (Wildman–Crippen MR) is 104 cm³/mol. The van der Waals surface area contributed by atoms with E-state index in [0.717, 1.165) is 27.6 Å². The molecule has 0 amide bonds. The third-order valence-electron chi connectivity index (χ3n) is 4.31. The standard InChI is InChI=1S/C19H14N8/c20-17-18(24-14-8-3-7-13-12(14)5-4-10-21-13)22-11-23-19(17)27-16-9-2-1-6-15(16)25-26-27/h1-11H,20H2,(H,22,23,24). The van der Waals surface area contributed by atoms with Crippen LogP contribution in [0.25, 0.3) is 27.8 Å². The van der Waals surface area contributed by atoms with Crippen LogP contribution in [-0.4, -0.2) is 29.9 Å².